The van der Waals surface area contributed by atoms with Gasteiger partial charge in [0, 0.05) is 55.4 Å². The molecule has 3 nitrogen and oxygen atoms in total. The second-order valence-corrected chi connectivity index (χ2v) is 16.4. The maximum atomic E-state index is 7.43. The molecule has 0 spiro atoms. The first-order valence-corrected chi connectivity index (χ1v) is 21.0. The van der Waals surface area contributed by atoms with Gasteiger partial charge >= 0.3 is 0 Å². The number of nitrogens with zero attached hydrogens (tertiary/aromatic N) is 2. The Balaban J connectivity index is 1.15. The van der Waals surface area contributed by atoms with E-state index in [1.807, 2.05) is 65.2 Å². The van der Waals surface area contributed by atoms with Crippen molar-refractivity contribution in [2.75, 3.05) is 0 Å². The Labute approximate surface area is 379 Å². The first-order valence-electron chi connectivity index (χ1n) is 21.0. The minimum atomic E-state index is 0.159. The molecule has 0 saturated carbocycles. The molecule has 0 aliphatic carbocycles. The van der Waals surface area contributed by atoms with Gasteiger partial charge in [0.1, 0.15) is 66.1 Å². The normalized spacial score (nSPS) is 11.9. The molecule has 0 bridgehead atoms. The molecule has 9 aromatic carbocycles. The maximum Gasteiger partial charge on any atom is 0.137 e. The van der Waals surface area contributed by atoms with Crippen LogP contribution in [-0.4, -0.2) is 64.1 Å². The largest absolute Gasteiger partial charge is 0.456 e. The van der Waals surface area contributed by atoms with Crippen LogP contribution >= 0.6 is 0 Å². The van der Waals surface area contributed by atoms with Crippen LogP contribution in [-0.2, 0) is 0 Å². The zero-order chi connectivity index (χ0) is 43.5. The zero-order valence-electron chi connectivity index (χ0n) is 34.4. The summed E-state index contributed by atoms with van der Waals surface area (Å²) in [6, 6.07) is 56.1. The van der Waals surface area contributed by atoms with Crippen LogP contribution in [0.1, 0.15) is 0 Å². The lowest BCUT2D eigenvalue weighted by molar-refractivity contribution is 0.668. The van der Waals surface area contributed by atoms with Gasteiger partial charge in [-0.15, -0.1) is 10.9 Å². The lowest BCUT2D eigenvalue weighted by atomic mass is 9.64. The van der Waals surface area contributed by atoms with Crippen molar-refractivity contribution in [3.05, 3.63) is 164 Å². The molecule has 12 aromatic rings. The fourth-order valence-corrected chi connectivity index (χ4v) is 9.93. The molecular weight excluding hydrogens is 768 g/mol. The first-order chi connectivity index (χ1) is 31.2. The second-order valence-electron chi connectivity index (χ2n) is 16.4. The van der Waals surface area contributed by atoms with Gasteiger partial charge in [0.2, 0.25) is 0 Å². The molecule has 0 atom stereocenters. The molecule has 0 aliphatic rings. The van der Waals surface area contributed by atoms with Crippen molar-refractivity contribution in [3.8, 4) is 44.8 Å². The average Bonchev–Trinajstić information content (AvgIpc) is 4.01. The van der Waals surface area contributed by atoms with Gasteiger partial charge < -0.3 is 13.6 Å². The Bertz CT molecular complexity index is 3930. The summed E-state index contributed by atoms with van der Waals surface area (Å²) < 4.78 is 10.6. The summed E-state index contributed by atoms with van der Waals surface area (Å²) in [5.74, 6) is 0. The number of furan rings is 1. The Morgan fingerprint density at radius 3 is 1.73 bits per heavy atom. The standard InChI is InChI=1S/C54H27B7N2O/c55-46-42(47(56)51(60)53-44(46)45-48(57)49(58)50(59)52(61)54(45)63(53)33-22-23-36-35-17-7-8-20-40(35)64-41(36)27-33)31-21-24-38-37(26-31)43-34(29-13-5-2-6-14-29)18-10-19-39(43)62(38)32-16-9-15-30(25-32)28-11-3-1-4-12-28/h1-27H. The highest BCUT2D eigenvalue weighted by Gasteiger charge is 2.26. The van der Waals surface area contributed by atoms with Crippen molar-refractivity contribution in [1.29, 1.82) is 0 Å². The SMILES string of the molecule is [B]c1c([B])c([B])c2c(c1[B])c1c([B])c(-c3ccc4c(c3)c3c(-c5ccccc5)cccc3n4-c3cccc(-c4ccccc4)c3)c([B])c([B])c1n2-c1ccc2c(c1)oc1ccccc12. The van der Waals surface area contributed by atoms with E-state index in [0.29, 0.717) is 55.0 Å². The van der Waals surface area contributed by atoms with E-state index < -0.39 is 0 Å². The summed E-state index contributed by atoms with van der Waals surface area (Å²) in [5.41, 5.74) is 13.8. The lowest BCUT2D eigenvalue weighted by Gasteiger charge is -2.19. The van der Waals surface area contributed by atoms with Crippen LogP contribution < -0.4 is 38.2 Å². The number of benzene rings is 9. The Kier molecular flexibility index (Phi) is 8.69. The summed E-state index contributed by atoms with van der Waals surface area (Å²) in [6.45, 7) is 0. The van der Waals surface area contributed by atoms with Crippen LogP contribution in [0.25, 0.3) is 110 Å². The van der Waals surface area contributed by atoms with Crippen molar-refractivity contribution in [3.63, 3.8) is 0 Å². The van der Waals surface area contributed by atoms with E-state index in [1.165, 1.54) is 0 Å². The summed E-state index contributed by atoms with van der Waals surface area (Å²) in [4.78, 5) is 0. The van der Waals surface area contributed by atoms with Crippen molar-refractivity contribution < 1.29 is 4.42 Å². The van der Waals surface area contributed by atoms with E-state index in [4.69, 9.17) is 59.3 Å². The third kappa shape index (κ3) is 5.51. The van der Waals surface area contributed by atoms with E-state index in [0.717, 1.165) is 71.7 Å². The number of hydrogen-bond acceptors (Lipinski definition) is 1. The molecule has 0 saturated heterocycles. The number of hydrogen-bond donors (Lipinski definition) is 0. The fourth-order valence-electron chi connectivity index (χ4n) is 9.93. The molecular formula is C54H27B7N2O. The van der Waals surface area contributed by atoms with Crippen LogP contribution in [0.5, 0.6) is 0 Å². The highest BCUT2D eigenvalue weighted by Crippen LogP contribution is 2.41. The van der Waals surface area contributed by atoms with Crippen LogP contribution in [0.4, 0.5) is 0 Å². The van der Waals surface area contributed by atoms with E-state index >= 15 is 0 Å². The van der Waals surface area contributed by atoms with Gasteiger partial charge in [-0.2, -0.15) is 0 Å². The summed E-state index contributed by atoms with van der Waals surface area (Å²) >= 11 is 0. The van der Waals surface area contributed by atoms with Gasteiger partial charge in [0.15, 0.2) is 0 Å². The number of rotatable bonds is 5. The van der Waals surface area contributed by atoms with Gasteiger partial charge in [-0.1, -0.05) is 137 Å². The highest BCUT2D eigenvalue weighted by atomic mass is 16.3. The topological polar surface area (TPSA) is 23.0 Å². The molecule has 280 valence electrons. The van der Waals surface area contributed by atoms with E-state index in [9.17, 15) is 0 Å². The van der Waals surface area contributed by atoms with E-state index in [-0.39, 0.29) is 21.9 Å². The average molecular weight is 796 g/mol. The minimum Gasteiger partial charge on any atom is -0.456 e. The van der Waals surface area contributed by atoms with Crippen molar-refractivity contribution >= 4 is 159 Å². The van der Waals surface area contributed by atoms with E-state index in [2.05, 4.69) is 108 Å². The summed E-state index contributed by atoms with van der Waals surface area (Å²) in [6.07, 6.45) is 0. The van der Waals surface area contributed by atoms with Crippen molar-refractivity contribution in [2.45, 2.75) is 0 Å². The van der Waals surface area contributed by atoms with E-state index in [1.54, 1.807) is 0 Å². The van der Waals surface area contributed by atoms with Gasteiger partial charge in [-0.05, 0) is 87.3 Å². The molecule has 3 aromatic heterocycles. The van der Waals surface area contributed by atoms with Gasteiger partial charge in [0.25, 0.3) is 0 Å². The summed E-state index contributed by atoms with van der Waals surface area (Å²) in [5, 5.41) is 5.14. The van der Waals surface area contributed by atoms with Crippen LogP contribution in [0.15, 0.2) is 168 Å². The smallest absolute Gasteiger partial charge is 0.137 e. The number of aromatic nitrogens is 2. The molecule has 0 aliphatic heterocycles. The highest BCUT2D eigenvalue weighted by molar-refractivity contribution is 6.69. The van der Waals surface area contributed by atoms with Gasteiger partial charge in [-0.3, -0.25) is 0 Å². The monoisotopic (exact) mass is 796 g/mol. The second kappa shape index (κ2) is 14.4. The maximum absolute atomic E-state index is 7.43. The predicted octanol–water partition coefficient (Wildman–Crippen LogP) is 6.34. The summed E-state index contributed by atoms with van der Waals surface area (Å²) in [7, 11) is 48.9. The Hall–Kier alpha value is -7.17. The zero-order valence-corrected chi connectivity index (χ0v) is 34.4. The molecule has 3 heterocycles. The molecule has 10 heteroatoms. The fraction of sp³-hybridized carbons (Fsp3) is 0. The van der Waals surface area contributed by atoms with Crippen molar-refractivity contribution in [2.24, 2.45) is 0 Å². The Morgan fingerprint density at radius 2 is 0.953 bits per heavy atom. The van der Waals surface area contributed by atoms with Crippen LogP contribution in [0, 0.1) is 0 Å². The molecule has 0 N–H and O–H groups in total. The van der Waals surface area contributed by atoms with Crippen molar-refractivity contribution in [1.82, 2.24) is 9.13 Å². The predicted molar refractivity (Wildman–Crippen MR) is 276 cm³/mol. The molecule has 12 rings (SSSR count). The quantitative estimate of drug-likeness (QED) is 0.187. The number of fused-ring (bicyclic) bond motifs is 9. The molecule has 0 fully saturated rings. The Morgan fingerprint density at radius 1 is 0.328 bits per heavy atom. The molecule has 0 amide bonds. The molecule has 0 unspecified atom stereocenters. The van der Waals surface area contributed by atoms with Gasteiger partial charge in [-0.25, -0.2) is 0 Å². The minimum absolute atomic E-state index is 0.159. The number of para-hydroxylation sites is 1. The lowest BCUT2D eigenvalue weighted by Crippen LogP contribution is -2.48. The van der Waals surface area contributed by atoms with Crippen LogP contribution in [0.2, 0.25) is 0 Å². The van der Waals surface area contributed by atoms with Gasteiger partial charge in [0.05, 0.1) is 11.0 Å². The third-order valence-corrected chi connectivity index (χ3v) is 12.9. The molecule has 64 heavy (non-hydrogen) atoms. The van der Waals surface area contributed by atoms with Crippen LogP contribution in [0.3, 0.4) is 0 Å². The third-order valence-electron chi connectivity index (χ3n) is 12.9. The molecule has 14 radical (unpaired) electrons. The first kappa shape index (κ1) is 38.5.